The monoisotopic (exact) mass is 428 g/mol. The number of pyridine rings is 2. The predicted octanol–water partition coefficient (Wildman–Crippen LogP) is 5.05. The molecule has 31 heavy (non-hydrogen) atoms. The molecule has 0 atom stereocenters. The number of fused-ring (bicyclic) bond motifs is 2. The third kappa shape index (κ3) is 3.51. The lowest BCUT2D eigenvalue weighted by molar-refractivity contribution is 0.328. The molecule has 2 aromatic carbocycles. The summed E-state index contributed by atoms with van der Waals surface area (Å²) in [5.74, 6) is 0.478. The maximum Gasteiger partial charge on any atom is 0.265 e. The summed E-state index contributed by atoms with van der Waals surface area (Å²) in [4.78, 5) is 18.3. The van der Waals surface area contributed by atoms with Gasteiger partial charge >= 0.3 is 0 Å². The molecule has 0 saturated carbocycles. The van der Waals surface area contributed by atoms with E-state index >= 15 is 0 Å². The second-order valence-electron chi connectivity index (χ2n) is 6.98. The number of aromatic nitrogens is 4. The molecular weight excluding hydrogens is 412 g/mol. The standard InChI is InChI=1S/C24H17ClN4O2/c1-2-31-21-10-5-17-14-29(19-8-9-20-16(13-19)11-12-26-28-20)24(30)22(23(17)27-21)15-3-6-18(25)7-4-15/h3-14H,2H2,1H3. The van der Waals surface area contributed by atoms with Crippen LogP contribution in [0.2, 0.25) is 5.02 Å². The van der Waals surface area contributed by atoms with E-state index in [1.807, 2.05) is 55.5 Å². The first-order valence-corrected chi connectivity index (χ1v) is 10.2. The van der Waals surface area contributed by atoms with Crippen LogP contribution >= 0.6 is 11.6 Å². The molecule has 3 heterocycles. The Morgan fingerprint density at radius 3 is 2.65 bits per heavy atom. The molecule has 0 radical (unpaired) electrons. The van der Waals surface area contributed by atoms with Crippen LogP contribution in [0.4, 0.5) is 0 Å². The highest BCUT2D eigenvalue weighted by atomic mass is 35.5. The number of rotatable bonds is 4. The van der Waals surface area contributed by atoms with Gasteiger partial charge in [0.1, 0.15) is 0 Å². The van der Waals surface area contributed by atoms with Crippen LogP contribution in [0.5, 0.6) is 5.88 Å². The minimum atomic E-state index is -0.183. The smallest absolute Gasteiger partial charge is 0.265 e. The Balaban J connectivity index is 1.81. The molecule has 0 bridgehead atoms. The van der Waals surface area contributed by atoms with E-state index in [0.29, 0.717) is 28.6 Å². The van der Waals surface area contributed by atoms with Gasteiger partial charge < -0.3 is 4.74 Å². The van der Waals surface area contributed by atoms with E-state index in [4.69, 9.17) is 16.3 Å². The lowest BCUT2D eigenvalue weighted by Crippen LogP contribution is -2.20. The molecule has 152 valence electrons. The summed E-state index contributed by atoms with van der Waals surface area (Å²) in [6.07, 6.45) is 3.43. The number of ether oxygens (including phenoxy) is 1. The zero-order valence-electron chi connectivity index (χ0n) is 16.6. The van der Waals surface area contributed by atoms with E-state index in [1.54, 1.807) is 29.1 Å². The maximum atomic E-state index is 13.7. The number of benzene rings is 2. The molecular formula is C24H17ClN4O2. The van der Waals surface area contributed by atoms with E-state index < -0.39 is 0 Å². The van der Waals surface area contributed by atoms with Gasteiger partial charge in [0.2, 0.25) is 5.88 Å². The molecule has 0 unspecified atom stereocenters. The van der Waals surface area contributed by atoms with Crippen molar-refractivity contribution in [2.45, 2.75) is 6.92 Å². The lowest BCUT2D eigenvalue weighted by atomic mass is 10.0. The molecule has 6 nitrogen and oxygen atoms in total. The quantitative estimate of drug-likeness (QED) is 0.400. The van der Waals surface area contributed by atoms with Gasteiger partial charge in [-0.15, -0.1) is 0 Å². The summed E-state index contributed by atoms with van der Waals surface area (Å²) in [6.45, 7) is 2.39. The Bertz CT molecular complexity index is 1480. The predicted molar refractivity (Wildman–Crippen MR) is 122 cm³/mol. The van der Waals surface area contributed by atoms with Crippen LogP contribution < -0.4 is 10.3 Å². The number of halogens is 1. The van der Waals surface area contributed by atoms with Crippen LogP contribution in [0.25, 0.3) is 38.6 Å². The lowest BCUT2D eigenvalue weighted by Gasteiger charge is -2.13. The molecule has 0 N–H and O–H groups in total. The van der Waals surface area contributed by atoms with Gasteiger partial charge in [0.05, 0.1) is 29.4 Å². The minimum Gasteiger partial charge on any atom is -0.478 e. The van der Waals surface area contributed by atoms with E-state index in [-0.39, 0.29) is 5.56 Å². The fraction of sp³-hybridized carbons (Fsp3) is 0.0833. The molecule has 0 amide bonds. The van der Waals surface area contributed by atoms with Crippen LogP contribution in [-0.2, 0) is 0 Å². The molecule has 0 aliphatic rings. The molecule has 7 heteroatoms. The maximum absolute atomic E-state index is 13.7. The van der Waals surface area contributed by atoms with Crippen molar-refractivity contribution in [3.8, 4) is 22.7 Å². The van der Waals surface area contributed by atoms with Gasteiger partial charge in [-0.1, -0.05) is 23.7 Å². The molecule has 0 aliphatic carbocycles. The fourth-order valence-electron chi connectivity index (χ4n) is 3.60. The van der Waals surface area contributed by atoms with E-state index in [2.05, 4.69) is 15.2 Å². The van der Waals surface area contributed by atoms with Crippen molar-refractivity contribution in [3.63, 3.8) is 0 Å². The Morgan fingerprint density at radius 2 is 1.84 bits per heavy atom. The Kier molecular flexibility index (Phi) is 4.84. The third-order valence-corrected chi connectivity index (χ3v) is 5.29. The largest absolute Gasteiger partial charge is 0.478 e. The van der Waals surface area contributed by atoms with Gasteiger partial charge in [-0.25, -0.2) is 4.98 Å². The van der Waals surface area contributed by atoms with Crippen LogP contribution in [0.1, 0.15) is 6.92 Å². The van der Waals surface area contributed by atoms with E-state index in [9.17, 15) is 4.79 Å². The molecule has 5 rings (SSSR count). The Labute approximate surface area is 182 Å². The minimum absolute atomic E-state index is 0.183. The highest BCUT2D eigenvalue weighted by Gasteiger charge is 2.16. The van der Waals surface area contributed by atoms with Gasteiger partial charge in [0.25, 0.3) is 5.56 Å². The average Bonchev–Trinajstić information content (AvgIpc) is 2.79. The summed E-state index contributed by atoms with van der Waals surface area (Å²) in [6, 6.07) is 18.4. The van der Waals surface area contributed by atoms with Crippen molar-refractivity contribution in [3.05, 3.63) is 88.4 Å². The second-order valence-corrected chi connectivity index (χ2v) is 7.42. The van der Waals surface area contributed by atoms with Gasteiger partial charge in [-0.3, -0.25) is 9.36 Å². The van der Waals surface area contributed by atoms with Crippen LogP contribution in [0, 0.1) is 0 Å². The summed E-state index contributed by atoms with van der Waals surface area (Å²) >= 11 is 6.08. The van der Waals surface area contributed by atoms with Crippen molar-refractivity contribution >= 4 is 33.4 Å². The molecule has 3 aromatic heterocycles. The molecule has 0 spiro atoms. The summed E-state index contributed by atoms with van der Waals surface area (Å²) in [5.41, 5.74) is 3.13. The molecule has 0 saturated heterocycles. The SMILES string of the molecule is CCOc1ccc2cn(-c3ccc4nnccc4c3)c(=O)c(-c3ccc(Cl)cc3)c2n1. The molecule has 0 fully saturated rings. The fourth-order valence-corrected chi connectivity index (χ4v) is 3.72. The number of nitrogens with zero attached hydrogens (tertiary/aromatic N) is 4. The highest BCUT2D eigenvalue weighted by Crippen LogP contribution is 2.28. The van der Waals surface area contributed by atoms with E-state index in [1.165, 1.54) is 0 Å². The van der Waals surface area contributed by atoms with Gasteiger partial charge in [-0.05, 0) is 55.0 Å². The summed E-state index contributed by atoms with van der Waals surface area (Å²) < 4.78 is 7.21. The van der Waals surface area contributed by atoms with Crippen molar-refractivity contribution in [2.24, 2.45) is 0 Å². The van der Waals surface area contributed by atoms with Crippen molar-refractivity contribution in [1.82, 2.24) is 19.7 Å². The zero-order chi connectivity index (χ0) is 21.4. The third-order valence-electron chi connectivity index (χ3n) is 5.04. The summed E-state index contributed by atoms with van der Waals surface area (Å²) in [5, 5.41) is 10.3. The van der Waals surface area contributed by atoms with Crippen LogP contribution in [-0.4, -0.2) is 26.4 Å². The van der Waals surface area contributed by atoms with Gasteiger partial charge in [0, 0.05) is 33.7 Å². The highest BCUT2D eigenvalue weighted by molar-refractivity contribution is 6.30. The molecule has 0 aliphatic heterocycles. The van der Waals surface area contributed by atoms with Crippen LogP contribution in [0.3, 0.4) is 0 Å². The van der Waals surface area contributed by atoms with Gasteiger partial charge in [-0.2, -0.15) is 10.2 Å². The Morgan fingerprint density at radius 1 is 1.00 bits per heavy atom. The van der Waals surface area contributed by atoms with Gasteiger partial charge in [0.15, 0.2) is 0 Å². The van der Waals surface area contributed by atoms with Crippen molar-refractivity contribution in [2.75, 3.05) is 6.61 Å². The van der Waals surface area contributed by atoms with Crippen molar-refractivity contribution in [1.29, 1.82) is 0 Å². The average molecular weight is 429 g/mol. The first kappa shape index (κ1) is 19.2. The second kappa shape index (κ2) is 7.81. The number of hydrogen-bond donors (Lipinski definition) is 0. The first-order valence-electron chi connectivity index (χ1n) is 9.81. The van der Waals surface area contributed by atoms with Crippen molar-refractivity contribution < 1.29 is 4.74 Å². The normalized spacial score (nSPS) is 11.2. The Hall–Kier alpha value is -3.77. The number of hydrogen-bond acceptors (Lipinski definition) is 5. The summed E-state index contributed by atoms with van der Waals surface area (Å²) in [7, 11) is 0. The molecule has 5 aromatic rings. The zero-order valence-corrected chi connectivity index (χ0v) is 17.4. The topological polar surface area (TPSA) is 69.9 Å². The first-order chi connectivity index (χ1) is 15.1. The van der Waals surface area contributed by atoms with E-state index in [0.717, 1.165) is 27.5 Å². The van der Waals surface area contributed by atoms with Crippen LogP contribution in [0.15, 0.2) is 77.9 Å².